The summed E-state index contributed by atoms with van der Waals surface area (Å²) in [4.78, 5) is 26.7. The Labute approximate surface area is 130 Å². The van der Waals surface area contributed by atoms with E-state index >= 15 is 0 Å². The maximum Gasteiger partial charge on any atom is 0.245 e. The van der Waals surface area contributed by atoms with Gasteiger partial charge in [0.15, 0.2) is 0 Å². The van der Waals surface area contributed by atoms with Crippen molar-refractivity contribution in [3.8, 4) is 0 Å². The molecule has 1 atom stereocenters. The van der Waals surface area contributed by atoms with E-state index in [0.29, 0.717) is 45.1 Å². The summed E-state index contributed by atoms with van der Waals surface area (Å²) in [6.45, 7) is 5.98. The van der Waals surface area contributed by atoms with Crippen LogP contribution in [-0.2, 0) is 14.3 Å². The van der Waals surface area contributed by atoms with E-state index in [1.165, 1.54) is 0 Å². The first kappa shape index (κ1) is 16.2. The minimum Gasteiger partial charge on any atom is -0.392 e. The Hall–Kier alpha value is -1.21. The molecule has 6 nitrogen and oxygen atoms in total. The molecule has 118 valence electrons. The van der Waals surface area contributed by atoms with Gasteiger partial charge in [-0.15, -0.1) is 0 Å². The fourth-order valence-electron chi connectivity index (χ4n) is 3.08. The van der Waals surface area contributed by atoms with E-state index in [-0.39, 0.29) is 16.8 Å². The number of morpholine rings is 1. The quantitative estimate of drug-likeness (QED) is 0.717. The molecule has 0 aromatic carbocycles. The second-order valence-corrected chi connectivity index (χ2v) is 6.53. The Morgan fingerprint density at radius 2 is 1.95 bits per heavy atom. The molecule has 0 spiro atoms. The van der Waals surface area contributed by atoms with E-state index in [0.717, 1.165) is 0 Å². The molecule has 0 aromatic rings. The number of carbonyl (C=O) groups excluding carboxylic acids is 2. The van der Waals surface area contributed by atoms with Crippen LogP contribution in [0.2, 0.25) is 0 Å². The van der Waals surface area contributed by atoms with Crippen LogP contribution >= 0.6 is 12.2 Å². The van der Waals surface area contributed by atoms with Crippen molar-refractivity contribution in [2.24, 2.45) is 17.1 Å². The van der Waals surface area contributed by atoms with Crippen molar-refractivity contribution in [1.29, 1.82) is 0 Å². The molecule has 21 heavy (non-hydrogen) atoms. The molecule has 2 rings (SSSR count). The highest BCUT2D eigenvalue weighted by Crippen LogP contribution is 2.46. The van der Waals surface area contributed by atoms with Gasteiger partial charge in [0.1, 0.15) is 6.04 Å². The van der Waals surface area contributed by atoms with Gasteiger partial charge in [-0.05, 0) is 25.7 Å². The van der Waals surface area contributed by atoms with Crippen LogP contribution in [0.25, 0.3) is 0 Å². The molecule has 2 amide bonds. The van der Waals surface area contributed by atoms with Crippen molar-refractivity contribution in [1.82, 2.24) is 10.2 Å². The van der Waals surface area contributed by atoms with Crippen LogP contribution in [-0.4, -0.2) is 54.0 Å². The monoisotopic (exact) mass is 313 g/mol. The van der Waals surface area contributed by atoms with E-state index in [9.17, 15) is 9.59 Å². The normalized spacial score (nSPS) is 30.2. The Morgan fingerprint density at radius 3 is 2.43 bits per heavy atom. The number of hydrogen-bond donors (Lipinski definition) is 2. The second-order valence-electron chi connectivity index (χ2n) is 6.09. The highest BCUT2D eigenvalue weighted by Gasteiger charge is 2.51. The van der Waals surface area contributed by atoms with Crippen molar-refractivity contribution in [2.75, 3.05) is 26.3 Å². The van der Waals surface area contributed by atoms with Gasteiger partial charge in [0, 0.05) is 13.1 Å². The summed E-state index contributed by atoms with van der Waals surface area (Å²) in [5.74, 6) is 0.127. The number of amides is 2. The predicted octanol–water partition coefficient (Wildman–Crippen LogP) is 0.0523. The molecular weight excluding hydrogens is 290 g/mol. The van der Waals surface area contributed by atoms with E-state index in [2.05, 4.69) is 12.2 Å². The molecular formula is C14H23N3O3S. The maximum absolute atomic E-state index is 12.5. The molecule has 1 saturated carbocycles. The third kappa shape index (κ3) is 3.18. The molecule has 0 radical (unpaired) electrons. The van der Waals surface area contributed by atoms with E-state index < -0.39 is 11.5 Å². The van der Waals surface area contributed by atoms with Crippen LogP contribution in [0.4, 0.5) is 0 Å². The first-order valence-electron chi connectivity index (χ1n) is 7.34. The van der Waals surface area contributed by atoms with Gasteiger partial charge in [-0.25, -0.2) is 0 Å². The standard InChI is InChI=1S/C14H23N3O3S/c1-9-7-14(8-9,12(15)21)13(19)16-10(2)11(18)17-3-5-20-6-4-17/h9-10H,3-8H2,1-2H3,(H2,15,21)(H,16,19). The van der Waals surface area contributed by atoms with Gasteiger partial charge >= 0.3 is 0 Å². The van der Waals surface area contributed by atoms with Gasteiger partial charge in [-0.1, -0.05) is 19.1 Å². The summed E-state index contributed by atoms with van der Waals surface area (Å²) >= 11 is 5.06. The molecule has 0 aromatic heterocycles. The lowest BCUT2D eigenvalue weighted by atomic mass is 9.62. The summed E-state index contributed by atoms with van der Waals surface area (Å²) in [5, 5.41) is 2.78. The zero-order valence-electron chi connectivity index (χ0n) is 12.6. The van der Waals surface area contributed by atoms with Crippen LogP contribution in [0.5, 0.6) is 0 Å². The van der Waals surface area contributed by atoms with E-state index in [4.69, 9.17) is 22.7 Å². The lowest BCUT2D eigenvalue weighted by molar-refractivity contribution is -0.142. The third-order valence-electron chi connectivity index (χ3n) is 4.34. The Morgan fingerprint density at radius 1 is 1.38 bits per heavy atom. The Balaban J connectivity index is 1.95. The zero-order valence-corrected chi connectivity index (χ0v) is 13.4. The molecule has 1 saturated heterocycles. The first-order chi connectivity index (χ1) is 9.86. The summed E-state index contributed by atoms with van der Waals surface area (Å²) in [6, 6.07) is -0.572. The van der Waals surface area contributed by atoms with E-state index in [1.807, 2.05) is 0 Å². The number of hydrogen-bond acceptors (Lipinski definition) is 4. The smallest absolute Gasteiger partial charge is 0.245 e. The molecule has 2 aliphatic rings. The maximum atomic E-state index is 12.5. The topological polar surface area (TPSA) is 84.7 Å². The molecule has 1 aliphatic carbocycles. The minimum atomic E-state index is -0.770. The van der Waals surface area contributed by atoms with Gasteiger partial charge in [-0.3, -0.25) is 9.59 Å². The fourth-order valence-corrected chi connectivity index (χ4v) is 3.34. The molecule has 2 fully saturated rings. The van der Waals surface area contributed by atoms with Crippen molar-refractivity contribution in [3.63, 3.8) is 0 Å². The fraction of sp³-hybridized carbons (Fsp3) is 0.786. The number of carbonyl (C=O) groups is 2. The number of nitrogens with one attached hydrogen (secondary N) is 1. The summed E-state index contributed by atoms with van der Waals surface area (Å²) in [5.41, 5.74) is 4.98. The molecule has 0 bridgehead atoms. The van der Waals surface area contributed by atoms with Crippen LogP contribution in [0.1, 0.15) is 26.7 Å². The average molecular weight is 313 g/mol. The van der Waals surface area contributed by atoms with Gasteiger partial charge < -0.3 is 20.7 Å². The zero-order chi connectivity index (χ0) is 15.6. The van der Waals surface area contributed by atoms with Gasteiger partial charge in [0.25, 0.3) is 0 Å². The average Bonchev–Trinajstić information content (AvgIpc) is 2.43. The second kappa shape index (κ2) is 6.27. The molecule has 3 N–H and O–H groups in total. The lowest BCUT2D eigenvalue weighted by Gasteiger charge is -2.44. The Kier molecular flexibility index (Phi) is 4.83. The number of rotatable bonds is 4. The summed E-state index contributed by atoms with van der Waals surface area (Å²) < 4.78 is 5.22. The van der Waals surface area contributed by atoms with Gasteiger partial charge in [0.05, 0.1) is 23.6 Å². The van der Waals surface area contributed by atoms with Crippen molar-refractivity contribution >= 4 is 29.0 Å². The SMILES string of the molecule is CC1CC(C(=O)NC(C)C(=O)N2CCOCC2)(C(N)=S)C1. The molecule has 1 unspecified atom stereocenters. The minimum absolute atomic E-state index is 0.0860. The highest BCUT2D eigenvalue weighted by molar-refractivity contribution is 7.80. The van der Waals surface area contributed by atoms with Crippen molar-refractivity contribution < 1.29 is 14.3 Å². The number of ether oxygens (including phenoxy) is 1. The predicted molar refractivity (Wildman–Crippen MR) is 82.6 cm³/mol. The van der Waals surface area contributed by atoms with Gasteiger partial charge in [-0.2, -0.15) is 0 Å². The van der Waals surface area contributed by atoms with Crippen LogP contribution in [0.3, 0.4) is 0 Å². The number of nitrogens with zero attached hydrogens (tertiary/aromatic N) is 1. The van der Waals surface area contributed by atoms with Crippen LogP contribution < -0.4 is 11.1 Å². The molecule has 1 aliphatic heterocycles. The highest BCUT2D eigenvalue weighted by atomic mass is 32.1. The molecule has 1 heterocycles. The van der Waals surface area contributed by atoms with Gasteiger partial charge in [0.2, 0.25) is 11.8 Å². The van der Waals surface area contributed by atoms with Crippen LogP contribution in [0.15, 0.2) is 0 Å². The van der Waals surface area contributed by atoms with Crippen LogP contribution in [0, 0.1) is 11.3 Å². The van der Waals surface area contributed by atoms with Crippen molar-refractivity contribution in [2.45, 2.75) is 32.7 Å². The number of nitrogens with two attached hydrogens (primary N) is 1. The van der Waals surface area contributed by atoms with E-state index in [1.54, 1.807) is 11.8 Å². The van der Waals surface area contributed by atoms with Crippen molar-refractivity contribution in [3.05, 3.63) is 0 Å². The number of thiocarbonyl (C=S) groups is 1. The third-order valence-corrected chi connectivity index (χ3v) is 4.73. The summed E-state index contributed by atoms with van der Waals surface area (Å²) in [7, 11) is 0. The summed E-state index contributed by atoms with van der Waals surface area (Å²) in [6.07, 6.45) is 1.32. The Bertz CT molecular complexity index is 443. The first-order valence-corrected chi connectivity index (χ1v) is 7.75. The molecule has 7 heteroatoms. The largest absolute Gasteiger partial charge is 0.392 e. The lowest BCUT2D eigenvalue weighted by Crippen LogP contribution is -2.59.